The zero-order chi connectivity index (χ0) is 55.4. The molecule has 0 N–H and O–H groups in total. The molecule has 8 unspecified atom stereocenters. The molecule has 84 heavy (non-hydrogen) atoms. The molecule has 6 bridgehead atoms. The summed E-state index contributed by atoms with van der Waals surface area (Å²) in [5, 5.41) is 20.7. The van der Waals surface area contributed by atoms with E-state index in [9.17, 15) is 10.1 Å². The third-order valence-corrected chi connectivity index (χ3v) is 24.9. The van der Waals surface area contributed by atoms with Crippen LogP contribution in [0.15, 0.2) is 97.1 Å². The van der Waals surface area contributed by atoms with Crippen LogP contribution in [0.1, 0.15) is 185 Å². The summed E-state index contributed by atoms with van der Waals surface area (Å²) < 4.78 is 12.3. The number of rotatable bonds is 0. The van der Waals surface area contributed by atoms with E-state index in [1.54, 1.807) is 0 Å². The molecule has 7 heteroatoms. The molecule has 5 heterocycles. The van der Waals surface area contributed by atoms with Gasteiger partial charge < -0.3 is 13.5 Å². The largest absolute Gasteiger partial charge is 0.457 e. The number of nitrogens with zero attached hydrogens (tertiary/aromatic N) is 4. The Hall–Kier alpha value is -8.52. The van der Waals surface area contributed by atoms with Gasteiger partial charge in [0.25, 0.3) is 0 Å². The second-order valence-corrected chi connectivity index (χ2v) is 29.6. The van der Waals surface area contributed by atoms with Crippen LogP contribution in [0.25, 0.3) is 92.2 Å². The van der Waals surface area contributed by atoms with Crippen molar-refractivity contribution in [1.29, 1.82) is 5.26 Å². The van der Waals surface area contributed by atoms with Gasteiger partial charge in [-0.05, 0) is 210 Å². The molecule has 402 valence electrons. The third-order valence-electron chi connectivity index (χ3n) is 24.9. The van der Waals surface area contributed by atoms with Crippen LogP contribution in [-0.2, 0) is 18.3 Å². The molecule has 4 saturated carbocycles. The summed E-state index contributed by atoms with van der Waals surface area (Å²) in [7, 11) is 0. The Kier molecular flexibility index (Phi) is 7.41. The predicted molar refractivity (Wildman–Crippen MR) is 330 cm³/mol. The Morgan fingerprint density at radius 2 is 1.15 bits per heavy atom. The average molecular weight is 1090 g/mol. The molecular weight excluding hydrogens is 1030 g/mol. The normalized spacial score (nSPS) is 26.7. The summed E-state index contributed by atoms with van der Waals surface area (Å²) in [5.41, 5.74) is 23.0. The lowest BCUT2D eigenvalue weighted by molar-refractivity contribution is 0.0856. The van der Waals surface area contributed by atoms with Gasteiger partial charge in [0.05, 0.1) is 51.2 Å². The molecule has 4 fully saturated rings. The van der Waals surface area contributed by atoms with Crippen molar-refractivity contribution in [2.75, 3.05) is 0 Å². The number of ether oxygens (including phenoxy) is 1. The van der Waals surface area contributed by atoms with E-state index in [0.717, 1.165) is 72.3 Å². The van der Waals surface area contributed by atoms with Crippen molar-refractivity contribution >= 4 is 93.4 Å². The number of Topliss-reactive ketones (excluding diaryl/α,β-unsaturated/α-hetero) is 2. The van der Waals surface area contributed by atoms with E-state index in [1.807, 2.05) is 6.07 Å². The molecule has 4 aromatic heterocycles. The number of carbonyl (C=O) groups excluding carboxylic acids is 2. The van der Waals surface area contributed by atoms with Crippen molar-refractivity contribution in [2.24, 2.45) is 34.5 Å². The SMILES string of the molecule is [C-]#[N+]c1cc2c(c3c1C1CC4CC3CC1C4)c1cc3c(c4c5ccc6c(c5n2c14)CC(C)(C)C6=O)C1(c2ccccc2Oc2ccccc21)c1c-3cc2c3c4c(c5c(c3n3c6cc(C#N)ccc6c1c23)CC(C)(C)C5=O)C1CC2CC(C1)C4C2. The fraction of sp³-hybridized carbons (Fsp3) is 0.325. The second-order valence-electron chi connectivity index (χ2n) is 29.6. The van der Waals surface area contributed by atoms with Gasteiger partial charge in [-0.25, -0.2) is 4.85 Å². The van der Waals surface area contributed by atoms with Gasteiger partial charge in [-0.15, -0.1) is 0 Å². The Morgan fingerprint density at radius 3 is 1.85 bits per heavy atom. The summed E-state index contributed by atoms with van der Waals surface area (Å²) in [6.45, 7) is 17.6. The van der Waals surface area contributed by atoms with Crippen LogP contribution in [-0.4, -0.2) is 20.4 Å². The molecule has 8 atom stereocenters. The highest BCUT2D eigenvalue weighted by Crippen LogP contribution is 2.71. The van der Waals surface area contributed by atoms with Gasteiger partial charge in [-0.2, -0.15) is 5.26 Å². The lowest BCUT2D eigenvalue weighted by Gasteiger charge is -2.40. The minimum Gasteiger partial charge on any atom is -0.457 e. The second kappa shape index (κ2) is 13.8. The Bertz CT molecular complexity index is 5400. The van der Waals surface area contributed by atoms with Crippen LogP contribution >= 0.6 is 0 Å². The molecule has 0 amide bonds. The van der Waals surface area contributed by atoms with Crippen molar-refractivity contribution in [3.8, 4) is 28.7 Å². The van der Waals surface area contributed by atoms with Gasteiger partial charge in [0.15, 0.2) is 17.3 Å². The number of hydrogen-bond donors (Lipinski definition) is 0. The standard InChI is InChI=1S/C77H56N4O3/c1-75(2)30-49-40(73(75)82)16-17-42-66-68-45(27-47-61-55(81(69(42)49)70(47)66)29-53(79-5)60-43-22-34-18-36(43)25-38(20-34)58(60)61)46-28-48-63-62-44-23-35-19-37(44)26-39(21-35)59(62)64-50(31-76(3,4)74(64)83)72(63)80-54-24-33(32-78)14-15-41(54)65(71(48)80)67(46)77(68)51-10-6-8-12-56(51)84-57-13-9-7-11-52(57)77/h6-17,24,27-29,34-39,43-44H,18-23,25-26,30-31H2,1-4H3. The molecule has 1 aliphatic heterocycles. The number of hydrogen-bond acceptors (Lipinski definition) is 4. The van der Waals surface area contributed by atoms with E-state index in [1.165, 1.54) is 150 Å². The third kappa shape index (κ3) is 4.61. The van der Waals surface area contributed by atoms with Crippen LogP contribution in [0.4, 0.5) is 5.69 Å². The maximum Gasteiger partial charge on any atom is 0.193 e. The Morgan fingerprint density at radius 1 is 0.548 bits per heavy atom. The zero-order valence-corrected chi connectivity index (χ0v) is 47.4. The molecule has 22 rings (SSSR count). The van der Waals surface area contributed by atoms with Crippen LogP contribution in [0.2, 0.25) is 0 Å². The molecule has 12 aromatic rings. The highest BCUT2D eigenvalue weighted by Gasteiger charge is 2.58. The molecule has 7 nitrogen and oxygen atoms in total. The minimum absolute atomic E-state index is 0.195. The summed E-state index contributed by atoms with van der Waals surface area (Å²) in [6, 6.07) is 38.6. The fourth-order valence-corrected chi connectivity index (χ4v) is 22.5. The number of aromatic nitrogens is 2. The number of benzene rings is 8. The molecule has 0 saturated heterocycles. The van der Waals surface area contributed by atoms with Gasteiger partial charge in [0.2, 0.25) is 0 Å². The Labute approximate surface area is 484 Å². The maximum atomic E-state index is 15.4. The van der Waals surface area contributed by atoms with Gasteiger partial charge in [-0.1, -0.05) is 82.3 Å². The summed E-state index contributed by atoms with van der Waals surface area (Å²) in [5.74, 6) is 6.30. The number of fused-ring (bicyclic) bond motifs is 40. The van der Waals surface area contributed by atoms with Gasteiger partial charge in [-0.3, -0.25) is 9.59 Å². The lowest BCUT2D eigenvalue weighted by Crippen LogP contribution is -2.32. The number of para-hydroxylation sites is 2. The first kappa shape index (κ1) is 45.0. The molecule has 8 aromatic carbocycles. The van der Waals surface area contributed by atoms with Gasteiger partial charge in [0, 0.05) is 81.7 Å². The molecule has 0 radical (unpaired) electrons. The van der Waals surface area contributed by atoms with E-state index in [2.05, 4.69) is 138 Å². The molecule has 1 spiro atoms. The zero-order valence-electron chi connectivity index (χ0n) is 47.4. The first-order valence-corrected chi connectivity index (χ1v) is 31.4. The summed E-state index contributed by atoms with van der Waals surface area (Å²) in [4.78, 5) is 34.6. The van der Waals surface area contributed by atoms with Gasteiger partial charge >= 0.3 is 0 Å². The van der Waals surface area contributed by atoms with E-state index in [4.69, 9.17) is 11.3 Å². The van der Waals surface area contributed by atoms with Crippen LogP contribution in [0.5, 0.6) is 11.5 Å². The first-order valence-electron chi connectivity index (χ1n) is 31.4. The van der Waals surface area contributed by atoms with Crippen LogP contribution < -0.4 is 4.74 Å². The average Bonchev–Trinajstić information content (AvgIpc) is 1.49. The lowest BCUT2D eigenvalue weighted by atomic mass is 9.64. The topological polar surface area (TPSA) is 80.3 Å². The van der Waals surface area contributed by atoms with E-state index < -0.39 is 16.2 Å². The van der Waals surface area contributed by atoms with Crippen LogP contribution in [0.3, 0.4) is 0 Å². The van der Waals surface area contributed by atoms with E-state index >= 15 is 4.79 Å². The minimum atomic E-state index is -0.938. The smallest absolute Gasteiger partial charge is 0.193 e. The summed E-state index contributed by atoms with van der Waals surface area (Å²) >= 11 is 0. The van der Waals surface area contributed by atoms with Crippen molar-refractivity contribution in [3.63, 3.8) is 0 Å². The highest BCUT2D eigenvalue weighted by atomic mass is 16.5. The number of carbonyl (C=O) groups is 2. The van der Waals surface area contributed by atoms with Crippen molar-refractivity contribution in [3.05, 3.63) is 181 Å². The fourth-order valence-electron chi connectivity index (χ4n) is 22.5. The molecular formula is C77H56N4O3. The van der Waals surface area contributed by atoms with E-state index in [-0.39, 0.29) is 5.78 Å². The van der Waals surface area contributed by atoms with E-state index in [0.29, 0.717) is 71.5 Å². The highest BCUT2D eigenvalue weighted by molar-refractivity contribution is 6.33. The van der Waals surface area contributed by atoms with Crippen molar-refractivity contribution in [1.82, 2.24) is 8.80 Å². The van der Waals surface area contributed by atoms with Crippen molar-refractivity contribution < 1.29 is 14.3 Å². The predicted octanol–water partition coefficient (Wildman–Crippen LogP) is 18.4. The Balaban J connectivity index is 1.02. The number of nitriles is 1. The quantitative estimate of drug-likeness (QED) is 0.142. The van der Waals surface area contributed by atoms with Crippen LogP contribution in [0, 0.1) is 52.4 Å². The maximum absolute atomic E-state index is 15.4. The molecule has 9 aliphatic carbocycles. The summed E-state index contributed by atoms with van der Waals surface area (Å²) in [6.07, 6.45) is 10.9. The molecule has 10 aliphatic rings. The monoisotopic (exact) mass is 1080 g/mol. The first-order chi connectivity index (χ1) is 40.9. The van der Waals surface area contributed by atoms with Crippen molar-refractivity contribution in [2.45, 2.75) is 121 Å². The number of ketones is 2. The van der Waals surface area contributed by atoms with Gasteiger partial charge in [0.1, 0.15) is 11.5 Å².